The SMILES string of the molecule is Cc1ccc(S(=O)(=O)n2ccc3c(CCC(=O)O)cccc32)cc1. The van der Waals surface area contributed by atoms with Gasteiger partial charge in [-0.15, -0.1) is 0 Å². The van der Waals surface area contributed by atoms with E-state index in [0.717, 1.165) is 16.5 Å². The predicted molar refractivity (Wildman–Crippen MR) is 91.7 cm³/mol. The van der Waals surface area contributed by atoms with Gasteiger partial charge < -0.3 is 5.11 Å². The van der Waals surface area contributed by atoms with E-state index in [9.17, 15) is 13.2 Å². The number of aryl methyl sites for hydroxylation is 2. The molecule has 1 N–H and O–H groups in total. The zero-order chi connectivity index (χ0) is 17.3. The number of fused-ring (bicyclic) bond motifs is 1. The molecule has 0 atom stereocenters. The van der Waals surface area contributed by atoms with E-state index in [2.05, 4.69) is 0 Å². The van der Waals surface area contributed by atoms with E-state index in [-0.39, 0.29) is 11.3 Å². The van der Waals surface area contributed by atoms with E-state index in [1.807, 2.05) is 13.0 Å². The van der Waals surface area contributed by atoms with Crippen molar-refractivity contribution in [3.8, 4) is 0 Å². The molecule has 124 valence electrons. The maximum Gasteiger partial charge on any atom is 0.303 e. The molecule has 0 aliphatic heterocycles. The highest BCUT2D eigenvalue weighted by Gasteiger charge is 2.19. The van der Waals surface area contributed by atoms with Crippen LogP contribution in [-0.4, -0.2) is 23.5 Å². The average Bonchev–Trinajstić information content (AvgIpc) is 2.98. The standard InChI is InChI=1S/C18H17NO4S/c1-13-5-8-15(9-6-13)24(22,23)19-12-11-16-14(7-10-18(20)21)3-2-4-17(16)19/h2-6,8-9,11-12H,7,10H2,1H3,(H,20,21). The predicted octanol–water partition coefficient (Wildman–Crippen LogP) is 3.20. The summed E-state index contributed by atoms with van der Waals surface area (Å²) in [6.45, 7) is 1.90. The minimum Gasteiger partial charge on any atom is -0.481 e. The normalized spacial score (nSPS) is 11.7. The van der Waals surface area contributed by atoms with Crippen LogP contribution in [0, 0.1) is 6.92 Å². The summed E-state index contributed by atoms with van der Waals surface area (Å²) in [7, 11) is -3.69. The lowest BCUT2D eigenvalue weighted by atomic mass is 10.1. The molecule has 2 aromatic carbocycles. The van der Waals surface area contributed by atoms with Gasteiger partial charge in [-0.1, -0.05) is 29.8 Å². The number of aromatic nitrogens is 1. The van der Waals surface area contributed by atoms with E-state index >= 15 is 0 Å². The minimum atomic E-state index is -3.69. The van der Waals surface area contributed by atoms with Crippen LogP contribution in [0.3, 0.4) is 0 Å². The summed E-state index contributed by atoms with van der Waals surface area (Å²) in [4.78, 5) is 11.0. The topological polar surface area (TPSA) is 76.4 Å². The molecule has 24 heavy (non-hydrogen) atoms. The Kier molecular flexibility index (Phi) is 4.15. The summed E-state index contributed by atoms with van der Waals surface area (Å²) in [5.41, 5.74) is 2.37. The van der Waals surface area contributed by atoms with Gasteiger partial charge in [-0.25, -0.2) is 12.4 Å². The second-order valence-corrected chi connectivity index (χ2v) is 7.49. The second-order valence-electron chi connectivity index (χ2n) is 5.67. The number of carboxylic acid groups (broad SMARTS) is 1. The first kappa shape index (κ1) is 16.3. The first-order valence-electron chi connectivity index (χ1n) is 7.52. The van der Waals surface area contributed by atoms with Gasteiger partial charge in [-0.3, -0.25) is 4.79 Å². The Hall–Kier alpha value is -2.60. The Morgan fingerprint density at radius 3 is 2.46 bits per heavy atom. The molecule has 0 bridgehead atoms. The molecule has 3 rings (SSSR count). The summed E-state index contributed by atoms with van der Waals surface area (Å²) < 4.78 is 27.0. The molecule has 0 spiro atoms. The number of rotatable bonds is 5. The van der Waals surface area contributed by atoms with E-state index in [1.54, 1.807) is 42.5 Å². The maximum atomic E-state index is 12.9. The quantitative estimate of drug-likeness (QED) is 0.772. The summed E-state index contributed by atoms with van der Waals surface area (Å²) in [5, 5.41) is 9.61. The molecule has 0 unspecified atom stereocenters. The van der Waals surface area contributed by atoms with Crippen LogP contribution >= 0.6 is 0 Å². The number of hydrogen-bond donors (Lipinski definition) is 1. The van der Waals surface area contributed by atoms with Crippen molar-refractivity contribution in [1.82, 2.24) is 3.97 Å². The zero-order valence-electron chi connectivity index (χ0n) is 13.1. The van der Waals surface area contributed by atoms with Gasteiger partial charge in [0.25, 0.3) is 10.0 Å². The molecule has 0 aliphatic rings. The van der Waals surface area contributed by atoms with Crippen molar-refractivity contribution in [2.45, 2.75) is 24.7 Å². The first-order valence-corrected chi connectivity index (χ1v) is 8.96. The number of aliphatic carboxylic acids is 1. The summed E-state index contributed by atoms with van der Waals surface area (Å²) in [6.07, 6.45) is 1.89. The van der Waals surface area contributed by atoms with Crippen LogP contribution in [0.4, 0.5) is 0 Å². The molecular formula is C18H17NO4S. The van der Waals surface area contributed by atoms with Crippen molar-refractivity contribution in [3.05, 3.63) is 65.9 Å². The molecule has 0 radical (unpaired) electrons. The van der Waals surface area contributed by atoms with Crippen molar-refractivity contribution < 1.29 is 18.3 Å². The Morgan fingerprint density at radius 2 is 1.79 bits per heavy atom. The molecule has 0 saturated carbocycles. The van der Waals surface area contributed by atoms with Crippen molar-refractivity contribution in [2.75, 3.05) is 0 Å². The van der Waals surface area contributed by atoms with Crippen molar-refractivity contribution in [3.63, 3.8) is 0 Å². The van der Waals surface area contributed by atoms with Gasteiger partial charge in [-0.2, -0.15) is 0 Å². The molecule has 6 heteroatoms. The number of benzene rings is 2. The maximum absolute atomic E-state index is 12.9. The number of carbonyl (C=O) groups is 1. The molecule has 1 heterocycles. The second kappa shape index (κ2) is 6.13. The van der Waals surface area contributed by atoms with Crippen molar-refractivity contribution >= 4 is 26.9 Å². The largest absolute Gasteiger partial charge is 0.481 e. The Bertz CT molecular complexity index is 1000. The average molecular weight is 343 g/mol. The van der Waals surface area contributed by atoms with Crippen LogP contribution in [0.1, 0.15) is 17.5 Å². The fourth-order valence-electron chi connectivity index (χ4n) is 2.70. The van der Waals surface area contributed by atoms with Crippen LogP contribution in [-0.2, 0) is 21.2 Å². The number of carboxylic acids is 1. The van der Waals surface area contributed by atoms with Crippen LogP contribution in [0.15, 0.2) is 59.6 Å². The van der Waals surface area contributed by atoms with Crippen LogP contribution in [0.5, 0.6) is 0 Å². The van der Waals surface area contributed by atoms with Gasteiger partial charge in [0.2, 0.25) is 0 Å². The lowest BCUT2D eigenvalue weighted by Gasteiger charge is -2.09. The van der Waals surface area contributed by atoms with Gasteiger partial charge in [0.05, 0.1) is 10.4 Å². The van der Waals surface area contributed by atoms with E-state index in [0.29, 0.717) is 11.9 Å². The van der Waals surface area contributed by atoms with Gasteiger partial charge in [0, 0.05) is 18.0 Å². The number of hydrogen-bond acceptors (Lipinski definition) is 3. The highest BCUT2D eigenvalue weighted by Crippen LogP contribution is 2.25. The van der Waals surface area contributed by atoms with E-state index < -0.39 is 16.0 Å². The zero-order valence-corrected chi connectivity index (χ0v) is 14.0. The molecule has 1 aromatic heterocycles. The molecule has 3 aromatic rings. The lowest BCUT2D eigenvalue weighted by molar-refractivity contribution is -0.136. The van der Waals surface area contributed by atoms with E-state index in [4.69, 9.17) is 5.11 Å². The molecule has 0 fully saturated rings. The summed E-state index contributed by atoms with van der Waals surface area (Å²) >= 11 is 0. The highest BCUT2D eigenvalue weighted by atomic mass is 32.2. The third kappa shape index (κ3) is 2.92. The Morgan fingerprint density at radius 1 is 1.08 bits per heavy atom. The summed E-state index contributed by atoms with van der Waals surface area (Å²) in [6, 6.07) is 13.7. The fraction of sp³-hybridized carbons (Fsp3) is 0.167. The third-order valence-electron chi connectivity index (χ3n) is 3.97. The first-order chi connectivity index (χ1) is 11.4. The van der Waals surface area contributed by atoms with Crippen LogP contribution < -0.4 is 0 Å². The smallest absolute Gasteiger partial charge is 0.303 e. The molecular weight excluding hydrogens is 326 g/mol. The molecule has 0 aliphatic carbocycles. The van der Waals surface area contributed by atoms with E-state index in [1.165, 1.54) is 10.2 Å². The Balaban J connectivity index is 2.09. The highest BCUT2D eigenvalue weighted by molar-refractivity contribution is 7.90. The lowest BCUT2D eigenvalue weighted by Crippen LogP contribution is -2.11. The third-order valence-corrected chi connectivity index (χ3v) is 5.68. The van der Waals surface area contributed by atoms with Gasteiger partial charge in [0.1, 0.15) is 0 Å². The molecule has 0 amide bonds. The molecule has 5 nitrogen and oxygen atoms in total. The Labute approximate surface area is 140 Å². The van der Waals surface area contributed by atoms with Gasteiger partial charge in [0.15, 0.2) is 0 Å². The monoisotopic (exact) mass is 343 g/mol. The minimum absolute atomic E-state index is 0.00893. The van der Waals surface area contributed by atoms with Crippen LogP contribution in [0.2, 0.25) is 0 Å². The fourth-order valence-corrected chi connectivity index (χ4v) is 4.05. The van der Waals surface area contributed by atoms with Gasteiger partial charge >= 0.3 is 5.97 Å². The molecule has 0 saturated heterocycles. The number of nitrogens with zero attached hydrogens (tertiary/aromatic N) is 1. The summed E-state index contributed by atoms with van der Waals surface area (Å²) in [5.74, 6) is -0.876. The van der Waals surface area contributed by atoms with Crippen molar-refractivity contribution in [1.29, 1.82) is 0 Å². The van der Waals surface area contributed by atoms with Gasteiger partial charge in [-0.05, 0) is 43.2 Å². The van der Waals surface area contributed by atoms with Crippen LogP contribution in [0.25, 0.3) is 10.9 Å². The van der Waals surface area contributed by atoms with Crippen molar-refractivity contribution in [2.24, 2.45) is 0 Å².